The van der Waals surface area contributed by atoms with Gasteiger partial charge in [0, 0.05) is 5.69 Å². The van der Waals surface area contributed by atoms with Gasteiger partial charge >= 0.3 is 11.9 Å². The van der Waals surface area contributed by atoms with Crippen LogP contribution in [0.1, 0.15) is 18.1 Å². The molecule has 1 aromatic carbocycles. The standard InChI is InChI=1S/C11H15NO2.C5H9NO2/c1-7-5-4-6-10(8(7)2)12-9(3)11(13)14;1-2-3-8-5(7)4-6/h4-6,9,12H,1-3H3,(H,13,14);2H,1,3-4,6H2/t9-;/m0./s1. The smallest absolute Gasteiger partial charge is 0.325 e. The summed E-state index contributed by atoms with van der Waals surface area (Å²) in [6.45, 7) is 9.15. The van der Waals surface area contributed by atoms with E-state index >= 15 is 0 Å². The number of carboxylic acids is 1. The first-order chi connectivity index (χ1) is 10.3. The quantitative estimate of drug-likeness (QED) is 0.548. The molecule has 0 aromatic heterocycles. The third kappa shape index (κ3) is 7.44. The minimum atomic E-state index is -0.842. The van der Waals surface area contributed by atoms with E-state index in [9.17, 15) is 9.59 Å². The van der Waals surface area contributed by atoms with E-state index in [4.69, 9.17) is 10.8 Å². The molecule has 22 heavy (non-hydrogen) atoms. The summed E-state index contributed by atoms with van der Waals surface area (Å²) >= 11 is 0. The van der Waals surface area contributed by atoms with Crippen LogP contribution in [0.3, 0.4) is 0 Å². The maximum Gasteiger partial charge on any atom is 0.325 e. The number of anilines is 1. The first-order valence-electron chi connectivity index (χ1n) is 6.85. The van der Waals surface area contributed by atoms with Gasteiger partial charge in [0.15, 0.2) is 0 Å². The second kappa shape index (κ2) is 10.4. The molecule has 1 rings (SSSR count). The summed E-state index contributed by atoms with van der Waals surface area (Å²) in [7, 11) is 0. The molecule has 0 radical (unpaired) electrons. The number of carbonyl (C=O) groups is 2. The number of nitrogens with one attached hydrogen (secondary N) is 1. The van der Waals surface area contributed by atoms with Gasteiger partial charge in [-0.3, -0.25) is 9.59 Å². The van der Waals surface area contributed by atoms with E-state index in [1.165, 1.54) is 6.08 Å². The molecule has 0 aliphatic carbocycles. The second-order valence-corrected chi connectivity index (χ2v) is 4.63. The predicted molar refractivity (Wildman–Crippen MR) is 86.8 cm³/mol. The van der Waals surface area contributed by atoms with Crippen molar-refractivity contribution in [2.45, 2.75) is 26.8 Å². The van der Waals surface area contributed by atoms with Crippen molar-refractivity contribution in [1.82, 2.24) is 0 Å². The number of aliphatic carboxylic acids is 1. The molecule has 0 bridgehead atoms. The van der Waals surface area contributed by atoms with Crippen LogP contribution in [0, 0.1) is 13.8 Å². The highest BCUT2D eigenvalue weighted by Gasteiger charge is 2.11. The van der Waals surface area contributed by atoms with Crippen LogP contribution in [0.25, 0.3) is 0 Å². The van der Waals surface area contributed by atoms with Crippen molar-refractivity contribution in [1.29, 1.82) is 0 Å². The maximum absolute atomic E-state index is 10.6. The van der Waals surface area contributed by atoms with Crippen molar-refractivity contribution >= 4 is 17.6 Å². The molecule has 0 fully saturated rings. The van der Waals surface area contributed by atoms with E-state index in [2.05, 4.69) is 16.6 Å². The monoisotopic (exact) mass is 308 g/mol. The van der Waals surface area contributed by atoms with Crippen LogP contribution in [0.5, 0.6) is 0 Å². The van der Waals surface area contributed by atoms with Crippen LogP contribution in [0.2, 0.25) is 0 Å². The molecule has 0 saturated heterocycles. The summed E-state index contributed by atoms with van der Waals surface area (Å²) in [5, 5.41) is 11.7. The molecule has 0 spiro atoms. The molecule has 0 heterocycles. The highest BCUT2D eigenvalue weighted by atomic mass is 16.5. The van der Waals surface area contributed by atoms with Gasteiger partial charge in [-0.25, -0.2) is 0 Å². The Kier molecular flexibility index (Phi) is 9.29. The van der Waals surface area contributed by atoms with E-state index in [1.54, 1.807) is 6.92 Å². The third-order valence-electron chi connectivity index (χ3n) is 2.88. The molecule has 0 aliphatic rings. The van der Waals surface area contributed by atoms with Gasteiger partial charge in [0.1, 0.15) is 12.6 Å². The van der Waals surface area contributed by atoms with E-state index in [0.717, 1.165) is 16.8 Å². The fourth-order valence-electron chi connectivity index (χ4n) is 1.41. The summed E-state index contributed by atoms with van der Waals surface area (Å²) in [5.41, 5.74) is 8.05. The van der Waals surface area contributed by atoms with Gasteiger partial charge in [0.25, 0.3) is 0 Å². The molecule has 6 nitrogen and oxygen atoms in total. The van der Waals surface area contributed by atoms with Crippen LogP contribution in [-0.2, 0) is 14.3 Å². The first kappa shape index (κ1) is 19.7. The van der Waals surface area contributed by atoms with Gasteiger partial charge < -0.3 is 20.9 Å². The van der Waals surface area contributed by atoms with Gasteiger partial charge in [0.05, 0.1) is 6.54 Å². The summed E-state index contributed by atoms with van der Waals surface area (Å²) in [6.07, 6.45) is 1.49. The maximum atomic E-state index is 10.6. The van der Waals surface area contributed by atoms with Gasteiger partial charge in [-0.15, -0.1) is 0 Å². The number of carbonyl (C=O) groups excluding carboxylic acids is 1. The van der Waals surface area contributed by atoms with Crippen molar-refractivity contribution < 1.29 is 19.4 Å². The summed E-state index contributed by atoms with van der Waals surface area (Å²) in [5.74, 6) is -1.24. The molecule has 6 heteroatoms. The van der Waals surface area contributed by atoms with Crippen molar-refractivity contribution in [3.63, 3.8) is 0 Å². The Morgan fingerprint density at radius 1 is 1.45 bits per heavy atom. The molecule has 1 atom stereocenters. The van der Waals surface area contributed by atoms with Crippen molar-refractivity contribution in [2.75, 3.05) is 18.5 Å². The average Bonchev–Trinajstić information content (AvgIpc) is 2.49. The first-order valence-corrected chi connectivity index (χ1v) is 6.85. The largest absolute Gasteiger partial charge is 0.480 e. The normalized spacial score (nSPS) is 10.7. The fourth-order valence-corrected chi connectivity index (χ4v) is 1.41. The Morgan fingerprint density at radius 2 is 2.09 bits per heavy atom. The summed E-state index contributed by atoms with van der Waals surface area (Å²) in [4.78, 5) is 20.8. The second-order valence-electron chi connectivity index (χ2n) is 4.63. The highest BCUT2D eigenvalue weighted by Crippen LogP contribution is 2.18. The number of hydrogen-bond acceptors (Lipinski definition) is 5. The minimum Gasteiger partial charge on any atom is -0.480 e. The number of nitrogens with two attached hydrogens (primary N) is 1. The summed E-state index contributed by atoms with van der Waals surface area (Å²) in [6, 6.07) is 5.25. The van der Waals surface area contributed by atoms with Gasteiger partial charge in [-0.05, 0) is 38.0 Å². The molecule has 1 aromatic rings. The molecule has 0 amide bonds. The van der Waals surface area contributed by atoms with Crippen molar-refractivity contribution in [2.24, 2.45) is 5.73 Å². The Bertz CT molecular complexity index is 515. The fraction of sp³-hybridized carbons (Fsp3) is 0.375. The number of ether oxygens (including phenoxy) is 1. The number of aryl methyl sites for hydroxylation is 1. The Morgan fingerprint density at radius 3 is 2.59 bits per heavy atom. The number of rotatable bonds is 6. The number of hydrogen-bond donors (Lipinski definition) is 3. The summed E-state index contributed by atoms with van der Waals surface area (Å²) < 4.78 is 4.46. The Balaban J connectivity index is 0.000000472. The average molecular weight is 308 g/mol. The van der Waals surface area contributed by atoms with Crippen molar-refractivity contribution in [3.8, 4) is 0 Å². The third-order valence-corrected chi connectivity index (χ3v) is 2.88. The van der Waals surface area contributed by atoms with Crippen LogP contribution < -0.4 is 11.1 Å². The lowest BCUT2D eigenvalue weighted by atomic mass is 10.1. The zero-order valence-electron chi connectivity index (χ0n) is 13.3. The molecule has 0 aliphatic heterocycles. The van der Waals surface area contributed by atoms with Crippen LogP contribution in [0.15, 0.2) is 30.9 Å². The molecule has 0 unspecified atom stereocenters. The number of carboxylic acid groups (broad SMARTS) is 1. The van der Waals surface area contributed by atoms with Crippen LogP contribution in [-0.4, -0.2) is 36.2 Å². The van der Waals surface area contributed by atoms with Crippen LogP contribution in [0.4, 0.5) is 5.69 Å². The topological polar surface area (TPSA) is 102 Å². The Labute approximate surface area is 131 Å². The zero-order valence-corrected chi connectivity index (χ0v) is 13.3. The van der Waals surface area contributed by atoms with E-state index in [0.29, 0.717) is 0 Å². The van der Waals surface area contributed by atoms with Crippen molar-refractivity contribution in [3.05, 3.63) is 42.0 Å². The lowest BCUT2D eigenvalue weighted by molar-refractivity contribution is -0.140. The van der Waals surface area contributed by atoms with E-state index in [-0.39, 0.29) is 13.2 Å². The molecular formula is C16H24N2O4. The van der Waals surface area contributed by atoms with Gasteiger partial charge in [-0.2, -0.15) is 0 Å². The lowest BCUT2D eigenvalue weighted by Gasteiger charge is -2.14. The van der Waals surface area contributed by atoms with E-state index in [1.807, 2.05) is 32.0 Å². The lowest BCUT2D eigenvalue weighted by Crippen LogP contribution is -2.25. The number of benzene rings is 1. The van der Waals surface area contributed by atoms with Gasteiger partial charge in [0.2, 0.25) is 0 Å². The SMILES string of the molecule is C=CCOC(=O)CN.Cc1cccc(N[C@@H](C)C(=O)O)c1C. The highest BCUT2D eigenvalue weighted by molar-refractivity contribution is 5.77. The molecule has 0 saturated carbocycles. The van der Waals surface area contributed by atoms with E-state index < -0.39 is 18.0 Å². The molecular weight excluding hydrogens is 284 g/mol. The molecule has 4 N–H and O–H groups in total. The zero-order chi connectivity index (χ0) is 17.1. The van der Waals surface area contributed by atoms with Gasteiger partial charge in [-0.1, -0.05) is 24.8 Å². The Hall–Kier alpha value is -2.34. The number of esters is 1. The van der Waals surface area contributed by atoms with Crippen LogP contribution >= 0.6 is 0 Å². The predicted octanol–water partition coefficient (Wildman–Crippen LogP) is 1.86. The molecule has 122 valence electrons. The minimum absolute atomic E-state index is 0.0617.